The van der Waals surface area contributed by atoms with Crippen LogP contribution in [0.2, 0.25) is 5.02 Å². The molecule has 1 aromatic heterocycles. The molecule has 2 nitrogen and oxygen atoms in total. The van der Waals surface area contributed by atoms with Crippen molar-refractivity contribution in [1.82, 2.24) is 10.3 Å². The minimum Gasteiger partial charge on any atom is -0.385 e. The van der Waals surface area contributed by atoms with Crippen LogP contribution < -0.4 is 5.32 Å². The highest BCUT2D eigenvalue weighted by atomic mass is 35.5. The van der Waals surface area contributed by atoms with E-state index in [0.29, 0.717) is 0 Å². The molecule has 2 heterocycles. The molecule has 0 unspecified atom stereocenters. The lowest BCUT2D eigenvalue weighted by Crippen LogP contribution is -2.12. The molecule has 0 fully saturated rings. The first kappa shape index (κ1) is 12.5. The molecule has 3 aromatic rings. The Kier molecular flexibility index (Phi) is 2.79. The van der Waals surface area contributed by atoms with Gasteiger partial charge in [-0.1, -0.05) is 48.5 Å². The minimum atomic E-state index is 0.776. The molecular weight excluding hydrogens is 280 g/mol. The third-order valence-corrected chi connectivity index (χ3v) is 4.44. The van der Waals surface area contributed by atoms with Crippen LogP contribution in [0.3, 0.4) is 0 Å². The van der Waals surface area contributed by atoms with Crippen LogP contribution >= 0.6 is 11.6 Å². The molecule has 1 aliphatic rings. The first-order valence-electron chi connectivity index (χ1n) is 7.07. The van der Waals surface area contributed by atoms with Gasteiger partial charge in [0.2, 0.25) is 0 Å². The van der Waals surface area contributed by atoms with E-state index in [1.807, 2.05) is 18.2 Å². The van der Waals surface area contributed by atoms with Gasteiger partial charge in [0.15, 0.2) is 0 Å². The molecule has 0 saturated carbocycles. The summed E-state index contributed by atoms with van der Waals surface area (Å²) in [5.74, 6) is 0. The van der Waals surface area contributed by atoms with E-state index in [1.54, 1.807) is 0 Å². The van der Waals surface area contributed by atoms with Gasteiger partial charge in [-0.25, -0.2) is 0 Å². The molecule has 0 amide bonds. The van der Waals surface area contributed by atoms with Gasteiger partial charge in [-0.05, 0) is 24.1 Å². The van der Waals surface area contributed by atoms with Crippen LogP contribution in [-0.2, 0) is 6.42 Å². The summed E-state index contributed by atoms with van der Waals surface area (Å²) in [5.41, 5.74) is 6.81. The van der Waals surface area contributed by atoms with Crippen molar-refractivity contribution in [2.24, 2.45) is 0 Å². The maximum Gasteiger partial charge on any atom is 0.0513 e. The predicted molar refractivity (Wildman–Crippen MR) is 89.5 cm³/mol. The Balaban J connectivity index is 2.08. The SMILES string of the molecule is C=C1NCCc2c(-c3ccccc3Cl)[nH]c3cccc1c23. The summed E-state index contributed by atoms with van der Waals surface area (Å²) in [6.45, 7) is 5.03. The fourth-order valence-electron chi connectivity index (χ4n) is 3.15. The smallest absolute Gasteiger partial charge is 0.0513 e. The number of H-pyrrole nitrogens is 1. The number of nitrogens with one attached hydrogen (secondary N) is 2. The Morgan fingerprint density at radius 3 is 2.67 bits per heavy atom. The van der Waals surface area contributed by atoms with Crippen molar-refractivity contribution in [3.63, 3.8) is 0 Å². The van der Waals surface area contributed by atoms with Crippen molar-refractivity contribution < 1.29 is 0 Å². The van der Waals surface area contributed by atoms with Crippen molar-refractivity contribution in [2.45, 2.75) is 6.42 Å². The first-order chi connectivity index (χ1) is 10.3. The Labute approximate surface area is 128 Å². The molecule has 0 bridgehead atoms. The number of benzene rings is 2. The third-order valence-electron chi connectivity index (χ3n) is 4.11. The second kappa shape index (κ2) is 4.68. The zero-order chi connectivity index (χ0) is 14.4. The summed E-state index contributed by atoms with van der Waals surface area (Å²) in [4.78, 5) is 3.55. The van der Waals surface area contributed by atoms with Crippen molar-refractivity contribution in [3.8, 4) is 11.3 Å². The predicted octanol–water partition coefficient (Wildman–Crippen LogP) is 4.60. The molecule has 0 spiro atoms. The lowest BCUT2D eigenvalue weighted by molar-refractivity contribution is 0.863. The Hall–Kier alpha value is -2.19. The summed E-state index contributed by atoms with van der Waals surface area (Å²) in [5, 5.41) is 5.43. The Morgan fingerprint density at radius 1 is 1.00 bits per heavy atom. The molecular formula is C18H15ClN2. The van der Waals surface area contributed by atoms with E-state index in [4.69, 9.17) is 11.6 Å². The number of hydrogen-bond donors (Lipinski definition) is 2. The van der Waals surface area contributed by atoms with Crippen LogP contribution in [0.5, 0.6) is 0 Å². The number of aromatic nitrogens is 1. The molecule has 2 N–H and O–H groups in total. The van der Waals surface area contributed by atoms with E-state index in [2.05, 4.69) is 41.1 Å². The highest BCUT2D eigenvalue weighted by Crippen LogP contribution is 2.38. The lowest BCUT2D eigenvalue weighted by Gasteiger charge is -2.07. The average Bonchev–Trinajstić information content (AvgIpc) is 2.77. The van der Waals surface area contributed by atoms with Crippen molar-refractivity contribution in [2.75, 3.05) is 6.54 Å². The summed E-state index contributed by atoms with van der Waals surface area (Å²) in [6.07, 6.45) is 0.955. The number of halogens is 1. The standard InChI is InChI=1S/C18H15ClN2/c1-11-12-6-4-8-16-17(12)14(9-10-20-11)18(21-16)13-5-2-3-7-15(13)19/h2-8,20-21H,1,9-10H2. The summed E-state index contributed by atoms with van der Waals surface area (Å²) < 4.78 is 0. The van der Waals surface area contributed by atoms with Gasteiger partial charge < -0.3 is 10.3 Å². The van der Waals surface area contributed by atoms with E-state index in [1.165, 1.54) is 16.5 Å². The van der Waals surface area contributed by atoms with Crippen LogP contribution in [0, 0.1) is 0 Å². The molecule has 3 heteroatoms. The maximum absolute atomic E-state index is 6.39. The summed E-state index contributed by atoms with van der Waals surface area (Å²) in [7, 11) is 0. The van der Waals surface area contributed by atoms with Gasteiger partial charge in [0.25, 0.3) is 0 Å². The van der Waals surface area contributed by atoms with E-state index >= 15 is 0 Å². The van der Waals surface area contributed by atoms with Crippen molar-refractivity contribution >= 4 is 28.2 Å². The minimum absolute atomic E-state index is 0.776. The van der Waals surface area contributed by atoms with E-state index in [9.17, 15) is 0 Å². The van der Waals surface area contributed by atoms with Crippen LogP contribution in [0.1, 0.15) is 11.1 Å². The highest BCUT2D eigenvalue weighted by molar-refractivity contribution is 6.33. The van der Waals surface area contributed by atoms with Crippen molar-refractivity contribution in [1.29, 1.82) is 0 Å². The fourth-order valence-corrected chi connectivity index (χ4v) is 3.38. The average molecular weight is 295 g/mol. The van der Waals surface area contributed by atoms with Gasteiger partial charge in [-0.15, -0.1) is 0 Å². The Bertz CT molecular complexity index is 861. The zero-order valence-corrected chi connectivity index (χ0v) is 12.3. The third kappa shape index (κ3) is 1.87. The van der Waals surface area contributed by atoms with Gasteiger partial charge in [0, 0.05) is 39.3 Å². The summed E-state index contributed by atoms with van der Waals surface area (Å²) in [6, 6.07) is 14.3. The number of aromatic amines is 1. The summed E-state index contributed by atoms with van der Waals surface area (Å²) >= 11 is 6.39. The molecule has 0 atom stereocenters. The van der Waals surface area contributed by atoms with Gasteiger partial charge in [0.05, 0.1) is 5.69 Å². The van der Waals surface area contributed by atoms with Crippen molar-refractivity contribution in [3.05, 3.63) is 65.2 Å². The van der Waals surface area contributed by atoms with E-state index < -0.39 is 0 Å². The topological polar surface area (TPSA) is 27.8 Å². The van der Waals surface area contributed by atoms with Gasteiger partial charge in [0.1, 0.15) is 0 Å². The fraction of sp³-hybridized carbons (Fsp3) is 0.111. The normalized spacial score (nSPS) is 14.0. The largest absolute Gasteiger partial charge is 0.385 e. The van der Waals surface area contributed by atoms with Crippen LogP contribution in [-0.4, -0.2) is 11.5 Å². The lowest BCUT2D eigenvalue weighted by atomic mass is 10.00. The molecule has 0 radical (unpaired) electrons. The highest BCUT2D eigenvalue weighted by Gasteiger charge is 2.20. The first-order valence-corrected chi connectivity index (χ1v) is 7.45. The monoisotopic (exact) mass is 294 g/mol. The molecule has 1 aliphatic heterocycles. The zero-order valence-electron chi connectivity index (χ0n) is 11.5. The molecule has 104 valence electrons. The van der Waals surface area contributed by atoms with Crippen LogP contribution in [0.25, 0.3) is 27.9 Å². The van der Waals surface area contributed by atoms with Gasteiger partial charge in [-0.2, -0.15) is 0 Å². The molecule has 4 rings (SSSR count). The van der Waals surface area contributed by atoms with E-state index in [-0.39, 0.29) is 0 Å². The molecule has 0 saturated heterocycles. The molecule has 0 aliphatic carbocycles. The second-order valence-electron chi connectivity index (χ2n) is 5.34. The number of rotatable bonds is 1. The maximum atomic E-state index is 6.39. The van der Waals surface area contributed by atoms with Gasteiger partial charge >= 0.3 is 0 Å². The second-order valence-corrected chi connectivity index (χ2v) is 5.75. The van der Waals surface area contributed by atoms with E-state index in [0.717, 1.165) is 40.5 Å². The molecule has 2 aromatic carbocycles. The Morgan fingerprint density at radius 2 is 1.81 bits per heavy atom. The number of hydrogen-bond acceptors (Lipinski definition) is 1. The van der Waals surface area contributed by atoms with Gasteiger partial charge in [-0.3, -0.25) is 0 Å². The van der Waals surface area contributed by atoms with Crippen LogP contribution in [0.15, 0.2) is 49.0 Å². The van der Waals surface area contributed by atoms with Crippen LogP contribution in [0.4, 0.5) is 0 Å². The quantitative estimate of drug-likeness (QED) is 0.674. The molecule has 21 heavy (non-hydrogen) atoms.